The molecule has 0 rings (SSSR count). The van der Waals surface area contributed by atoms with E-state index in [-0.39, 0.29) is 13.0 Å². The molecule has 0 aliphatic rings. The van der Waals surface area contributed by atoms with Crippen LogP contribution in [0.3, 0.4) is 0 Å². The molecule has 0 saturated heterocycles. The van der Waals surface area contributed by atoms with E-state index in [1.807, 2.05) is 0 Å². The van der Waals surface area contributed by atoms with Crippen LogP contribution in [-0.4, -0.2) is 60.5 Å². The van der Waals surface area contributed by atoms with Gasteiger partial charge < -0.3 is 25.2 Å². The molecule has 0 bridgehead atoms. The SMILES string of the molecule is CC/C=C\C/C=C\C/C=C\C/C=C\CCCCCCCCCCC(=O)OC(COCCCCCCCC/C=C\CCCCCCC)COP(=O)(O)OCC(N)C(=O)O. The number of phosphoric acid groups is 1. The van der Waals surface area contributed by atoms with Crippen molar-refractivity contribution in [3.63, 3.8) is 0 Å². The number of phosphoric ester groups is 1. The molecule has 0 radical (unpaired) electrons. The van der Waals surface area contributed by atoms with Crippen LogP contribution in [0.15, 0.2) is 60.8 Å². The van der Waals surface area contributed by atoms with Crippen LogP contribution in [0.5, 0.6) is 0 Å². The highest BCUT2D eigenvalue weighted by Gasteiger charge is 2.27. The van der Waals surface area contributed by atoms with E-state index in [4.69, 9.17) is 29.4 Å². The quantitative estimate of drug-likeness (QED) is 0.0234. The van der Waals surface area contributed by atoms with Gasteiger partial charge in [0.25, 0.3) is 0 Å². The van der Waals surface area contributed by atoms with Gasteiger partial charge in [0.2, 0.25) is 0 Å². The molecular weight excluding hydrogens is 753 g/mol. The maximum atomic E-state index is 12.7. The standard InChI is InChI=1S/C47H84NO9P/c1-3-5-7-9-11-13-15-17-19-20-21-22-23-24-25-27-29-31-33-35-37-39-46(49)57-44(42-55-58(52,53)56-43-45(48)47(50)51)41-54-40-38-36-34-32-30-28-26-18-16-14-12-10-8-6-4-2/h5,7,11,13,16-19,21-22,44-45H,3-4,6,8-10,12,14-15,20,23-43,48H2,1-2H3,(H,50,51)(H,52,53)/b7-5-,13-11-,18-16-,19-17-,22-21-. The third kappa shape index (κ3) is 41.8. The lowest BCUT2D eigenvalue weighted by molar-refractivity contribution is -0.154. The number of ether oxygens (including phenoxy) is 2. The van der Waals surface area contributed by atoms with Gasteiger partial charge in [-0.25, -0.2) is 4.57 Å². The fourth-order valence-corrected chi connectivity index (χ4v) is 6.78. The number of carboxylic acid groups (broad SMARTS) is 1. The summed E-state index contributed by atoms with van der Waals surface area (Å²) in [6.45, 7) is 3.74. The first kappa shape index (κ1) is 55.7. The smallest absolute Gasteiger partial charge is 0.472 e. The van der Waals surface area contributed by atoms with Crippen LogP contribution in [0.1, 0.15) is 187 Å². The molecule has 0 aromatic rings. The summed E-state index contributed by atoms with van der Waals surface area (Å²) in [5, 5.41) is 8.90. The minimum atomic E-state index is -4.62. The number of allylic oxidation sites excluding steroid dienone is 10. The van der Waals surface area contributed by atoms with E-state index in [1.54, 1.807) is 0 Å². The lowest BCUT2D eigenvalue weighted by atomic mass is 10.1. The number of esters is 1. The maximum Gasteiger partial charge on any atom is 0.472 e. The zero-order valence-electron chi connectivity index (χ0n) is 36.6. The summed E-state index contributed by atoms with van der Waals surface area (Å²) >= 11 is 0. The van der Waals surface area contributed by atoms with Gasteiger partial charge in [-0.05, 0) is 77.0 Å². The van der Waals surface area contributed by atoms with E-state index in [0.717, 1.165) is 77.0 Å². The summed E-state index contributed by atoms with van der Waals surface area (Å²) in [5.74, 6) is -1.79. The zero-order chi connectivity index (χ0) is 42.6. The number of carboxylic acids is 1. The molecule has 0 fully saturated rings. The molecule has 0 aliphatic carbocycles. The van der Waals surface area contributed by atoms with E-state index in [0.29, 0.717) is 13.0 Å². The predicted molar refractivity (Wildman–Crippen MR) is 240 cm³/mol. The van der Waals surface area contributed by atoms with E-state index in [9.17, 15) is 19.0 Å². The second-order valence-corrected chi connectivity index (χ2v) is 16.6. The molecule has 3 unspecified atom stereocenters. The molecule has 0 saturated carbocycles. The monoisotopic (exact) mass is 838 g/mol. The van der Waals surface area contributed by atoms with Crippen molar-refractivity contribution in [3.8, 4) is 0 Å². The Morgan fingerprint density at radius 1 is 0.569 bits per heavy atom. The van der Waals surface area contributed by atoms with Crippen LogP contribution in [0, 0.1) is 0 Å². The molecule has 0 aliphatic heterocycles. The molecular formula is C47H84NO9P. The largest absolute Gasteiger partial charge is 0.480 e. The van der Waals surface area contributed by atoms with Gasteiger partial charge in [0.15, 0.2) is 0 Å². The Labute approximate surface area is 353 Å². The molecule has 0 aromatic heterocycles. The van der Waals surface area contributed by atoms with Crippen molar-refractivity contribution < 1.29 is 42.7 Å². The third-order valence-corrected chi connectivity index (χ3v) is 10.5. The molecule has 11 heteroatoms. The van der Waals surface area contributed by atoms with Crippen molar-refractivity contribution in [2.45, 2.75) is 199 Å². The Morgan fingerprint density at radius 3 is 1.52 bits per heavy atom. The topological polar surface area (TPSA) is 155 Å². The van der Waals surface area contributed by atoms with Gasteiger partial charge in [0.1, 0.15) is 12.1 Å². The number of hydrogen-bond donors (Lipinski definition) is 3. The Hall–Kier alpha value is -2.33. The average Bonchev–Trinajstić information content (AvgIpc) is 3.20. The van der Waals surface area contributed by atoms with Gasteiger partial charge in [0, 0.05) is 13.0 Å². The van der Waals surface area contributed by atoms with Gasteiger partial charge in [-0.15, -0.1) is 0 Å². The van der Waals surface area contributed by atoms with Crippen LogP contribution >= 0.6 is 7.82 Å². The summed E-state index contributed by atoms with van der Waals surface area (Å²) in [7, 11) is -4.62. The third-order valence-electron chi connectivity index (χ3n) is 9.53. The first-order valence-electron chi connectivity index (χ1n) is 22.8. The van der Waals surface area contributed by atoms with Crippen molar-refractivity contribution in [2.24, 2.45) is 5.73 Å². The fourth-order valence-electron chi connectivity index (χ4n) is 6.00. The highest BCUT2D eigenvalue weighted by Crippen LogP contribution is 2.43. The molecule has 336 valence electrons. The maximum absolute atomic E-state index is 12.7. The number of carbonyl (C=O) groups excluding carboxylic acids is 1. The van der Waals surface area contributed by atoms with Gasteiger partial charge in [-0.1, -0.05) is 164 Å². The molecule has 0 aromatic carbocycles. The van der Waals surface area contributed by atoms with Crippen LogP contribution in [-0.2, 0) is 32.7 Å². The second-order valence-electron chi connectivity index (χ2n) is 15.1. The van der Waals surface area contributed by atoms with Gasteiger partial charge >= 0.3 is 19.8 Å². The Morgan fingerprint density at radius 2 is 1.00 bits per heavy atom. The van der Waals surface area contributed by atoms with Crippen LogP contribution in [0.25, 0.3) is 0 Å². The number of unbranched alkanes of at least 4 members (excludes halogenated alkanes) is 19. The van der Waals surface area contributed by atoms with E-state index >= 15 is 0 Å². The summed E-state index contributed by atoms with van der Waals surface area (Å²) in [6.07, 6.45) is 51.2. The molecule has 58 heavy (non-hydrogen) atoms. The molecule has 0 amide bonds. The zero-order valence-corrected chi connectivity index (χ0v) is 37.5. The highest BCUT2D eigenvalue weighted by atomic mass is 31.2. The minimum Gasteiger partial charge on any atom is -0.480 e. The number of nitrogens with two attached hydrogens (primary N) is 1. The van der Waals surface area contributed by atoms with Crippen LogP contribution < -0.4 is 5.73 Å². The van der Waals surface area contributed by atoms with E-state index in [2.05, 4.69) is 74.6 Å². The minimum absolute atomic E-state index is 0.00754. The lowest BCUT2D eigenvalue weighted by Gasteiger charge is -2.20. The summed E-state index contributed by atoms with van der Waals surface area (Å²) in [6, 6.07) is -1.48. The molecule has 4 N–H and O–H groups in total. The Kier molecular flexibility index (Phi) is 41.1. The number of aliphatic carboxylic acids is 1. The summed E-state index contributed by atoms with van der Waals surface area (Å²) < 4.78 is 33.4. The normalized spacial score (nSPS) is 14.4. The summed E-state index contributed by atoms with van der Waals surface area (Å²) in [4.78, 5) is 33.6. The second kappa shape index (κ2) is 42.8. The van der Waals surface area contributed by atoms with Crippen LogP contribution in [0.2, 0.25) is 0 Å². The Balaban J connectivity index is 4.23. The average molecular weight is 838 g/mol. The lowest BCUT2D eigenvalue weighted by Crippen LogP contribution is -2.34. The molecule has 3 atom stereocenters. The predicted octanol–water partition coefficient (Wildman–Crippen LogP) is 12.8. The van der Waals surface area contributed by atoms with Gasteiger partial charge in [-0.2, -0.15) is 0 Å². The summed E-state index contributed by atoms with van der Waals surface area (Å²) in [5.41, 5.74) is 5.36. The van der Waals surface area contributed by atoms with Crippen LogP contribution in [0.4, 0.5) is 0 Å². The number of carbonyl (C=O) groups is 2. The molecule has 0 heterocycles. The highest BCUT2D eigenvalue weighted by molar-refractivity contribution is 7.47. The fraction of sp³-hybridized carbons (Fsp3) is 0.745. The van der Waals surface area contributed by atoms with Crippen molar-refractivity contribution in [2.75, 3.05) is 26.4 Å². The van der Waals surface area contributed by atoms with E-state index < -0.39 is 45.1 Å². The molecule has 0 spiro atoms. The van der Waals surface area contributed by atoms with Gasteiger partial charge in [0.05, 0.1) is 19.8 Å². The number of rotatable bonds is 43. The van der Waals surface area contributed by atoms with Crippen molar-refractivity contribution >= 4 is 19.8 Å². The first-order valence-corrected chi connectivity index (χ1v) is 24.3. The van der Waals surface area contributed by atoms with Crippen molar-refractivity contribution in [3.05, 3.63) is 60.8 Å². The Bertz CT molecular complexity index is 1150. The molecule has 10 nitrogen and oxygen atoms in total. The number of hydrogen-bond acceptors (Lipinski definition) is 8. The van der Waals surface area contributed by atoms with Crippen molar-refractivity contribution in [1.29, 1.82) is 0 Å². The van der Waals surface area contributed by atoms with Gasteiger partial charge in [-0.3, -0.25) is 18.6 Å². The van der Waals surface area contributed by atoms with E-state index in [1.165, 1.54) is 83.5 Å². The van der Waals surface area contributed by atoms with Crippen molar-refractivity contribution in [1.82, 2.24) is 0 Å². The first-order chi connectivity index (χ1) is 28.2.